The summed E-state index contributed by atoms with van der Waals surface area (Å²) in [7, 11) is 3.50. The predicted octanol–water partition coefficient (Wildman–Crippen LogP) is 5.81. The van der Waals surface area contributed by atoms with Gasteiger partial charge in [-0.3, -0.25) is 14.5 Å². The molecule has 2 unspecified atom stereocenters. The first-order chi connectivity index (χ1) is 23.3. The molecular weight excluding hydrogens is 607 g/mol. The van der Waals surface area contributed by atoms with Crippen molar-refractivity contribution < 1.29 is 23.5 Å². The van der Waals surface area contributed by atoms with Crippen LogP contribution in [-0.4, -0.2) is 93.8 Å². The zero-order valence-corrected chi connectivity index (χ0v) is 29.3. The van der Waals surface area contributed by atoms with Gasteiger partial charge in [-0.25, -0.2) is 4.39 Å². The van der Waals surface area contributed by atoms with E-state index in [0.29, 0.717) is 31.2 Å². The van der Waals surface area contributed by atoms with Gasteiger partial charge >= 0.3 is 0 Å². The Morgan fingerprint density at radius 1 is 0.875 bits per heavy atom. The van der Waals surface area contributed by atoms with E-state index >= 15 is 0 Å². The average Bonchev–Trinajstić information content (AvgIpc) is 3.77. The second-order valence-corrected chi connectivity index (χ2v) is 14.5. The van der Waals surface area contributed by atoms with Crippen LogP contribution in [0.25, 0.3) is 0 Å². The summed E-state index contributed by atoms with van der Waals surface area (Å²) in [6.45, 7) is 9.26. The van der Waals surface area contributed by atoms with Gasteiger partial charge in [-0.15, -0.1) is 0 Å². The number of anilines is 1. The molecule has 262 valence electrons. The molecule has 1 saturated carbocycles. The molecule has 6 rings (SSSR count). The standard InChI is InChI=1S/C39H55FN4O4/c1-5-26-22-44(24-34(26)33-16-9-29(40)21-37(33)42-19-17-28(18-20-42)38(45)41-6-2)39(46)36-25-43(30-10-14-32(48-4)15-11-30)23-35(36)27-7-12-31(47-3)13-8-27/h7-9,12-13,16,21,26,28,30,32,34-36H,5-6,10-11,14-15,17-20,22-25H2,1-4H3,(H,41,45)/t26-,30?,32?,34?,35-,36?/m0/s1. The molecule has 3 aliphatic heterocycles. The molecule has 0 aromatic heterocycles. The van der Waals surface area contributed by atoms with E-state index in [1.54, 1.807) is 19.2 Å². The van der Waals surface area contributed by atoms with Crippen LogP contribution in [0.1, 0.15) is 81.8 Å². The molecule has 3 saturated heterocycles. The quantitative estimate of drug-likeness (QED) is 0.346. The van der Waals surface area contributed by atoms with Crippen LogP contribution in [0.5, 0.6) is 5.75 Å². The van der Waals surface area contributed by atoms with Crippen molar-refractivity contribution in [3.05, 3.63) is 59.4 Å². The third-order valence-corrected chi connectivity index (χ3v) is 11.9. The van der Waals surface area contributed by atoms with Gasteiger partial charge in [-0.2, -0.15) is 0 Å². The average molecular weight is 663 g/mol. The van der Waals surface area contributed by atoms with E-state index in [4.69, 9.17) is 9.47 Å². The van der Waals surface area contributed by atoms with Crippen molar-refractivity contribution in [2.75, 3.05) is 64.9 Å². The number of methoxy groups -OCH3 is 2. The van der Waals surface area contributed by atoms with Crippen molar-refractivity contribution >= 4 is 17.5 Å². The summed E-state index contributed by atoms with van der Waals surface area (Å²) < 4.78 is 25.9. The van der Waals surface area contributed by atoms with Gasteiger partial charge in [-0.1, -0.05) is 31.5 Å². The number of halogens is 1. The fourth-order valence-electron chi connectivity index (χ4n) is 9.07. The Morgan fingerprint density at radius 3 is 2.25 bits per heavy atom. The third-order valence-electron chi connectivity index (χ3n) is 11.9. The van der Waals surface area contributed by atoms with Crippen LogP contribution < -0.4 is 15.0 Å². The lowest BCUT2D eigenvalue weighted by atomic mass is 9.85. The molecule has 0 bridgehead atoms. The minimum absolute atomic E-state index is 0.000772. The summed E-state index contributed by atoms with van der Waals surface area (Å²) in [5, 5.41) is 2.96. The van der Waals surface area contributed by atoms with E-state index < -0.39 is 0 Å². The molecule has 3 heterocycles. The van der Waals surface area contributed by atoms with Gasteiger partial charge in [0.15, 0.2) is 0 Å². The Morgan fingerprint density at radius 2 is 1.60 bits per heavy atom. The van der Waals surface area contributed by atoms with Gasteiger partial charge in [-0.05, 0) is 86.8 Å². The maximum atomic E-state index is 14.8. The van der Waals surface area contributed by atoms with Crippen LogP contribution >= 0.6 is 0 Å². The van der Waals surface area contributed by atoms with Crippen LogP contribution in [0.2, 0.25) is 0 Å². The Hall–Kier alpha value is -3.17. The number of amides is 2. The van der Waals surface area contributed by atoms with Crippen molar-refractivity contribution in [3.63, 3.8) is 0 Å². The number of ether oxygens (including phenoxy) is 2. The van der Waals surface area contributed by atoms with Crippen molar-refractivity contribution in [1.29, 1.82) is 0 Å². The first kappa shape index (κ1) is 34.7. The lowest BCUT2D eigenvalue weighted by Gasteiger charge is -2.35. The predicted molar refractivity (Wildman–Crippen MR) is 187 cm³/mol. The zero-order valence-electron chi connectivity index (χ0n) is 29.3. The second kappa shape index (κ2) is 15.6. The van der Waals surface area contributed by atoms with Gasteiger partial charge in [0.05, 0.1) is 19.1 Å². The largest absolute Gasteiger partial charge is 0.497 e. The van der Waals surface area contributed by atoms with Crippen molar-refractivity contribution in [2.24, 2.45) is 17.8 Å². The number of rotatable bonds is 10. The van der Waals surface area contributed by atoms with E-state index in [9.17, 15) is 14.0 Å². The Labute approximate surface area is 286 Å². The fraction of sp³-hybridized carbons (Fsp3) is 0.641. The summed E-state index contributed by atoms with van der Waals surface area (Å²) in [4.78, 5) is 34.1. The number of carbonyl (C=O) groups is 2. The second-order valence-electron chi connectivity index (χ2n) is 14.5. The lowest BCUT2D eigenvalue weighted by Crippen LogP contribution is -2.41. The third kappa shape index (κ3) is 7.37. The lowest BCUT2D eigenvalue weighted by molar-refractivity contribution is -0.134. The minimum atomic E-state index is -0.244. The zero-order chi connectivity index (χ0) is 33.8. The summed E-state index contributed by atoms with van der Waals surface area (Å²) >= 11 is 0. The van der Waals surface area contributed by atoms with Crippen molar-refractivity contribution in [1.82, 2.24) is 15.1 Å². The molecule has 4 fully saturated rings. The smallest absolute Gasteiger partial charge is 0.227 e. The van der Waals surface area contributed by atoms with E-state index in [1.807, 2.05) is 32.2 Å². The summed E-state index contributed by atoms with van der Waals surface area (Å²) in [5.74, 6) is 1.39. The van der Waals surface area contributed by atoms with E-state index in [1.165, 1.54) is 5.56 Å². The van der Waals surface area contributed by atoms with Crippen LogP contribution in [0.3, 0.4) is 0 Å². The first-order valence-electron chi connectivity index (χ1n) is 18.3. The number of piperidine rings is 1. The topological polar surface area (TPSA) is 74.4 Å². The summed E-state index contributed by atoms with van der Waals surface area (Å²) in [6.07, 6.45) is 7.15. The maximum absolute atomic E-state index is 14.8. The van der Waals surface area contributed by atoms with Gasteiger partial charge in [0.1, 0.15) is 11.6 Å². The highest BCUT2D eigenvalue weighted by atomic mass is 19.1. The van der Waals surface area contributed by atoms with E-state index in [0.717, 1.165) is 94.7 Å². The molecule has 1 aliphatic carbocycles. The molecular formula is C39H55FN4O4. The Balaban J connectivity index is 1.21. The highest BCUT2D eigenvalue weighted by molar-refractivity contribution is 5.81. The highest BCUT2D eigenvalue weighted by Gasteiger charge is 2.46. The molecule has 0 radical (unpaired) electrons. The Bertz CT molecular complexity index is 1390. The van der Waals surface area contributed by atoms with Crippen molar-refractivity contribution in [2.45, 2.75) is 82.8 Å². The molecule has 2 aromatic carbocycles. The van der Waals surface area contributed by atoms with E-state index in [-0.39, 0.29) is 41.3 Å². The molecule has 1 N–H and O–H groups in total. The van der Waals surface area contributed by atoms with Gasteiger partial charge in [0, 0.05) is 82.4 Å². The molecule has 8 nitrogen and oxygen atoms in total. The fourth-order valence-corrected chi connectivity index (χ4v) is 9.07. The Kier molecular flexibility index (Phi) is 11.3. The van der Waals surface area contributed by atoms with Gasteiger partial charge in [0.2, 0.25) is 11.8 Å². The molecule has 2 amide bonds. The molecule has 48 heavy (non-hydrogen) atoms. The molecule has 0 spiro atoms. The van der Waals surface area contributed by atoms with Crippen LogP contribution in [-0.2, 0) is 14.3 Å². The van der Waals surface area contributed by atoms with Crippen LogP contribution in [0, 0.1) is 23.6 Å². The maximum Gasteiger partial charge on any atom is 0.227 e. The highest BCUT2D eigenvalue weighted by Crippen LogP contribution is 2.44. The molecule has 9 heteroatoms. The summed E-state index contributed by atoms with van der Waals surface area (Å²) in [5.41, 5.74) is 3.25. The van der Waals surface area contributed by atoms with Gasteiger partial charge < -0.3 is 24.6 Å². The minimum Gasteiger partial charge on any atom is -0.497 e. The number of carbonyl (C=O) groups excluding carboxylic acids is 2. The van der Waals surface area contributed by atoms with Gasteiger partial charge in [0.25, 0.3) is 0 Å². The number of likely N-dealkylation sites (tertiary alicyclic amines) is 2. The number of nitrogens with zero attached hydrogens (tertiary/aromatic N) is 3. The molecule has 4 aliphatic rings. The SMILES string of the molecule is CCNC(=O)C1CCN(c2cc(F)ccc2C2CN(C(=O)C3CN(C4CCC(OC)CC4)C[C@H]3c3ccc(OC)cc3)C[C@@H]2CC)CC1. The van der Waals surface area contributed by atoms with E-state index in [2.05, 4.69) is 39.1 Å². The summed E-state index contributed by atoms with van der Waals surface area (Å²) in [6, 6.07) is 14.0. The number of hydrogen-bond acceptors (Lipinski definition) is 6. The number of hydrogen-bond donors (Lipinski definition) is 1. The van der Waals surface area contributed by atoms with Crippen molar-refractivity contribution in [3.8, 4) is 5.75 Å². The van der Waals surface area contributed by atoms with Crippen LogP contribution in [0.4, 0.5) is 10.1 Å². The number of benzene rings is 2. The number of nitrogens with one attached hydrogen (secondary N) is 1. The normalized spacial score (nSPS) is 28.5. The molecule has 4 atom stereocenters. The first-order valence-corrected chi connectivity index (χ1v) is 18.3. The van der Waals surface area contributed by atoms with Crippen LogP contribution in [0.15, 0.2) is 42.5 Å². The monoisotopic (exact) mass is 662 g/mol. The molecule has 2 aromatic rings.